The largest absolute Gasteiger partial charge is 0.496 e. The van der Waals surface area contributed by atoms with Crippen molar-refractivity contribution in [2.75, 3.05) is 16.7 Å². The number of benzene rings is 3. The Labute approximate surface area is 177 Å². The fourth-order valence-corrected chi connectivity index (χ4v) is 4.50. The molecule has 0 saturated carbocycles. The van der Waals surface area contributed by atoms with Crippen LogP contribution in [0.4, 0.5) is 11.4 Å². The molecule has 0 atom stereocenters. The molecule has 0 aliphatic rings. The van der Waals surface area contributed by atoms with Gasteiger partial charge in [0.15, 0.2) is 0 Å². The monoisotopic (exact) mass is 424 g/mol. The minimum absolute atomic E-state index is 0.114. The maximum Gasteiger partial charge on any atom is 0.264 e. The summed E-state index contributed by atoms with van der Waals surface area (Å²) in [5.74, 6) is 0.397. The number of amides is 1. The number of aryl methyl sites for hydroxylation is 1. The molecule has 0 fully saturated rings. The van der Waals surface area contributed by atoms with Gasteiger partial charge in [0.2, 0.25) is 5.91 Å². The smallest absolute Gasteiger partial charge is 0.264 e. The molecule has 3 aromatic rings. The van der Waals surface area contributed by atoms with Gasteiger partial charge in [0.1, 0.15) is 5.75 Å². The van der Waals surface area contributed by atoms with E-state index in [0.717, 1.165) is 11.1 Å². The summed E-state index contributed by atoms with van der Waals surface area (Å²) in [6.07, 6.45) is 0. The molecule has 0 aromatic heterocycles. The number of carbonyl (C=O) groups is 1. The number of sulfonamides is 1. The first-order valence-electron chi connectivity index (χ1n) is 9.40. The average Bonchev–Trinajstić information content (AvgIpc) is 2.73. The lowest BCUT2D eigenvalue weighted by molar-refractivity contribution is -0.114. The molecule has 6 nitrogen and oxygen atoms in total. The van der Waals surface area contributed by atoms with E-state index < -0.39 is 10.0 Å². The Balaban J connectivity index is 2.04. The number of para-hydroxylation sites is 1. The second-order valence-corrected chi connectivity index (χ2v) is 8.73. The van der Waals surface area contributed by atoms with Crippen LogP contribution in [0, 0.1) is 6.92 Å². The molecule has 1 amide bonds. The van der Waals surface area contributed by atoms with Crippen molar-refractivity contribution in [1.82, 2.24) is 0 Å². The number of rotatable bonds is 7. The molecule has 0 aliphatic carbocycles. The number of ether oxygens (including phenoxy) is 1. The molecule has 30 heavy (non-hydrogen) atoms. The predicted octanol–water partition coefficient (Wildman–Crippen LogP) is 4.36. The Hall–Kier alpha value is -3.32. The third-order valence-electron chi connectivity index (χ3n) is 4.59. The molecule has 0 aliphatic heterocycles. The Bertz CT molecular complexity index is 1120. The van der Waals surface area contributed by atoms with Gasteiger partial charge < -0.3 is 10.1 Å². The Morgan fingerprint density at radius 1 is 0.967 bits per heavy atom. The van der Waals surface area contributed by atoms with Gasteiger partial charge in [-0.05, 0) is 49.4 Å². The van der Waals surface area contributed by atoms with E-state index in [0.29, 0.717) is 17.1 Å². The first-order chi connectivity index (χ1) is 14.3. The lowest BCUT2D eigenvalue weighted by atomic mass is 10.2. The van der Waals surface area contributed by atoms with Crippen LogP contribution in [-0.4, -0.2) is 21.4 Å². The van der Waals surface area contributed by atoms with E-state index in [2.05, 4.69) is 5.32 Å². The zero-order valence-corrected chi connectivity index (χ0v) is 17.9. The highest BCUT2D eigenvalue weighted by molar-refractivity contribution is 7.92. The topological polar surface area (TPSA) is 75.7 Å². The Morgan fingerprint density at radius 3 is 2.20 bits per heavy atom. The van der Waals surface area contributed by atoms with Crippen LogP contribution in [0.1, 0.15) is 18.1 Å². The van der Waals surface area contributed by atoms with Gasteiger partial charge in [-0.15, -0.1) is 0 Å². The van der Waals surface area contributed by atoms with Gasteiger partial charge in [-0.3, -0.25) is 9.10 Å². The van der Waals surface area contributed by atoms with E-state index >= 15 is 0 Å². The average molecular weight is 425 g/mol. The van der Waals surface area contributed by atoms with Crippen molar-refractivity contribution in [3.8, 4) is 5.75 Å². The summed E-state index contributed by atoms with van der Waals surface area (Å²) in [4.78, 5) is 11.4. The minimum Gasteiger partial charge on any atom is -0.496 e. The Kier molecular flexibility index (Phi) is 6.42. The van der Waals surface area contributed by atoms with Crippen LogP contribution >= 0.6 is 0 Å². The van der Waals surface area contributed by atoms with E-state index in [1.807, 2.05) is 37.3 Å². The molecule has 0 spiro atoms. The molecule has 3 rings (SSSR count). The fourth-order valence-electron chi connectivity index (χ4n) is 3.06. The summed E-state index contributed by atoms with van der Waals surface area (Å²) in [5.41, 5.74) is 2.87. The van der Waals surface area contributed by atoms with Crippen molar-refractivity contribution in [1.29, 1.82) is 0 Å². The van der Waals surface area contributed by atoms with E-state index in [1.165, 1.54) is 23.4 Å². The normalized spacial score (nSPS) is 11.0. The third-order valence-corrected chi connectivity index (χ3v) is 6.38. The first kappa shape index (κ1) is 21.4. The molecule has 3 aromatic carbocycles. The summed E-state index contributed by atoms with van der Waals surface area (Å²) < 4.78 is 33.9. The van der Waals surface area contributed by atoms with Gasteiger partial charge in [-0.2, -0.15) is 0 Å². The van der Waals surface area contributed by atoms with Crippen molar-refractivity contribution in [3.63, 3.8) is 0 Å². The van der Waals surface area contributed by atoms with Gasteiger partial charge >= 0.3 is 0 Å². The molecule has 0 unspecified atom stereocenters. The van der Waals surface area contributed by atoms with Gasteiger partial charge in [0.05, 0.1) is 24.2 Å². The lowest BCUT2D eigenvalue weighted by Gasteiger charge is -2.25. The van der Waals surface area contributed by atoms with Gasteiger partial charge in [0, 0.05) is 18.2 Å². The number of hydrogen-bond donors (Lipinski definition) is 1. The number of hydrogen-bond acceptors (Lipinski definition) is 4. The molecule has 0 radical (unpaired) electrons. The van der Waals surface area contributed by atoms with Crippen LogP contribution in [0.25, 0.3) is 0 Å². The summed E-state index contributed by atoms with van der Waals surface area (Å²) in [6, 6.07) is 20.8. The van der Waals surface area contributed by atoms with E-state index in [1.54, 1.807) is 37.4 Å². The zero-order chi connectivity index (χ0) is 21.7. The fraction of sp³-hybridized carbons (Fsp3) is 0.174. The highest BCUT2D eigenvalue weighted by Crippen LogP contribution is 2.29. The number of carbonyl (C=O) groups excluding carboxylic acids is 1. The molecule has 7 heteroatoms. The maximum absolute atomic E-state index is 13.6. The predicted molar refractivity (Wildman–Crippen MR) is 118 cm³/mol. The van der Waals surface area contributed by atoms with Crippen molar-refractivity contribution < 1.29 is 17.9 Å². The quantitative estimate of drug-likeness (QED) is 0.612. The lowest BCUT2D eigenvalue weighted by Crippen LogP contribution is -2.30. The van der Waals surface area contributed by atoms with Gasteiger partial charge in [0.25, 0.3) is 10.0 Å². The Morgan fingerprint density at radius 2 is 1.60 bits per heavy atom. The minimum atomic E-state index is -3.87. The summed E-state index contributed by atoms with van der Waals surface area (Å²) in [5, 5.41) is 2.64. The second kappa shape index (κ2) is 9.00. The van der Waals surface area contributed by atoms with E-state index in [9.17, 15) is 13.2 Å². The van der Waals surface area contributed by atoms with Crippen molar-refractivity contribution in [3.05, 3.63) is 83.9 Å². The van der Waals surface area contributed by atoms with Gasteiger partial charge in [-0.25, -0.2) is 8.42 Å². The van der Waals surface area contributed by atoms with Crippen LogP contribution in [0.15, 0.2) is 77.7 Å². The van der Waals surface area contributed by atoms with Crippen molar-refractivity contribution >= 4 is 27.3 Å². The molecular weight excluding hydrogens is 400 g/mol. The van der Waals surface area contributed by atoms with Crippen LogP contribution in [-0.2, 0) is 21.4 Å². The summed E-state index contributed by atoms with van der Waals surface area (Å²) in [7, 11) is -2.31. The number of nitrogens with zero attached hydrogens (tertiary/aromatic N) is 1. The molecular formula is C23H24N2O4S. The standard InChI is InChI=1S/C23H24N2O4S/c1-17-8-12-21(13-9-17)25(16-19-6-4-5-7-23(19)29-3)30(27,28)22-14-10-20(11-15-22)24-18(2)26/h4-15H,16H2,1-3H3,(H,24,26). The number of anilines is 2. The van der Waals surface area contributed by atoms with E-state index in [-0.39, 0.29) is 17.3 Å². The van der Waals surface area contributed by atoms with Gasteiger partial charge in [-0.1, -0.05) is 35.9 Å². The molecule has 0 saturated heterocycles. The SMILES string of the molecule is COc1ccccc1CN(c1ccc(C)cc1)S(=O)(=O)c1ccc(NC(C)=O)cc1. The van der Waals surface area contributed by atoms with Crippen LogP contribution < -0.4 is 14.4 Å². The van der Waals surface area contributed by atoms with E-state index in [4.69, 9.17) is 4.74 Å². The molecule has 0 heterocycles. The first-order valence-corrected chi connectivity index (χ1v) is 10.8. The highest BCUT2D eigenvalue weighted by Gasteiger charge is 2.26. The third kappa shape index (κ3) is 4.80. The highest BCUT2D eigenvalue weighted by atomic mass is 32.2. The zero-order valence-electron chi connectivity index (χ0n) is 17.1. The summed E-state index contributed by atoms with van der Waals surface area (Å²) >= 11 is 0. The van der Waals surface area contributed by atoms with Crippen LogP contribution in [0.5, 0.6) is 5.75 Å². The molecule has 156 valence electrons. The number of methoxy groups -OCH3 is 1. The van der Waals surface area contributed by atoms with Crippen LogP contribution in [0.2, 0.25) is 0 Å². The second-order valence-electron chi connectivity index (χ2n) is 6.86. The van der Waals surface area contributed by atoms with Crippen molar-refractivity contribution in [2.24, 2.45) is 0 Å². The number of nitrogens with one attached hydrogen (secondary N) is 1. The van der Waals surface area contributed by atoms with Crippen LogP contribution in [0.3, 0.4) is 0 Å². The van der Waals surface area contributed by atoms with Crippen molar-refractivity contribution in [2.45, 2.75) is 25.3 Å². The summed E-state index contributed by atoms with van der Waals surface area (Å²) in [6.45, 7) is 3.46. The maximum atomic E-state index is 13.6. The molecule has 1 N–H and O–H groups in total. The molecule has 0 bridgehead atoms.